The van der Waals surface area contributed by atoms with E-state index in [0.717, 1.165) is 4.90 Å². The Balaban J connectivity index is 0.893. The van der Waals surface area contributed by atoms with Crippen LogP contribution in [0.2, 0.25) is 0 Å². The zero-order valence-electron chi connectivity index (χ0n) is 63.2. The molecule has 11 atom stereocenters. The Labute approximate surface area is 629 Å². The Morgan fingerprint density at radius 2 is 1.55 bits per heavy atom. The lowest BCUT2D eigenvalue weighted by Crippen LogP contribution is -2.54. The van der Waals surface area contributed by atoms with Crippen molar-refractivity contribution < 1.29 is 96.5 Å². The van der Waals surface area contributed by atoms with Crippen molar-refractivity contribution in [3.05, 3.63) is 112 Å². The summed E-state index contributed by atoms with van der Waals surface area (Å²) < 4.78 is 36.4. The van der Waals surface area contributed by atoms with Crippen LogP contribution in [0.1, 0.15) is 135 Å². The first-order valence-corrected chi connectivity index (χ1v) is 36.5. The van der Waals surface area contributed by atoms with Crippen LogP contribution in [0.3, 0.4) is 0 Å². The van der Waals surface area contributed by atoms with E-state index < -0.39 is 136 Å². The van der Waals surface area contributed by atoms with Crippen molar-refractivity contribution >= 4 is 98.3 Å². The molecule has 1 aliphatic carbocycles. The summed E-state index contributed by atoms with van der Waals surface area (Å²) >= 11 is 0. The molecular weight excluding hydrogens is 1410 g/mol. The average Bonchev–Trinajstić information content (AvgIpc) is 1.68. The molecule has 9 rings (SSSR count). The molecule has 31 nitrogen and oxygen atoms in total. The highest BCUT2D eigenvalue weighted by Gasteiger charge is 2.50. The molecule has 9 amide bonds. The van der Waals surface area contributed by atoms with Crippen molar-refractivity contribution in [2.24, 2.45) is 35.3 Å². The molecular formula is C78H98N10O21. The molecule has 0 radical (unpaired) electrons. The number of fused-ring (bicyclic) bond motifs is 2. The molecule has 3 aromatic carbocycles. The van der Waals surface area contributed by atoms with Crippen molar-refractivity contribution in [3.8, 4) is 28.7 Å². The van der Waals surface area contributed by atoms with Crippen LogP contribution in [0.25, 0.3) is 33.3 Å². The van der Waals surface area contributed by atoms with Gasteiger partial charge < -0.3 is 90.6 Å². The number of amides is 9. The first kappa shape index (κ1) is 82.1. The van der Waals surface area contributed by atoms with E-state index in [2.05, 4.69) is 26.6 Å². The molecule has 11 N–H and O–H groups in total. The highest BCUT2D eigenvalue weighted by atomic mass is 16.7. The number of aromatic hydroxyl groups is 2. The summed E-state index contributed by atoms with van der Waals surface area (Å²) in [6.45, 7) is 16.7. The molecule has 4 bridgehead atoms. The van der Waals surface area contributed by atoms with Gasteiger partial charge in [-0.05, 0) is 82.1 Å². The number of allylic oxidation sites excluding steroid dienone is 2. The normalized spacial score (nSPS) is 23.7. The number of phenols is 2. The standard InChI is InChI=1S/C78H98N10O21/c1-39(2)61(83-55(91)21-14-13-15-32-88-56(92)26-27-57(88)93)75(101)82-51(20-17-31-80-76(79)102)74(100)81-48-24-22-47(23-25-48)38-105-77(103)86(11)49-28-33-87(34-29-49)50-36-52(90)62-54(37-50)108-71-63(84-62)58-59-67(96)45(8)70-60(58)72(98)78(10,109-70)106-35-30-53(104-12)42(5)69(107-46(9)89)44(7)66(95)43(6)65(94)40(3)18-16-19-41(4)73(99)85-64(71)68(59)97/h16,18-19,22-27,30,35-37,39-40,42-44,49,51,53,61,65-66,69,90,94-96H,13-15,17,20-21,28-29,31-34,38H2,1-12H3,(H,81,100)(H,82,101)(H,83,91)(H,85,99)(H3,79,80,102)/b18-16+,35-30+,41-19-/t40-,42+,43+,44+,51-,53-,61-,65-,66+,69+,78-/m0/s1. The quantitative estimate of drug-likeness (QED) is 0.0106. The SMILES string of the molecule is CO[C@H]1/C=C/O[C@@]2(C)Oc3c(C)c(O)c4c(=O)c(c5oc6cc(N7CCC(N(C)C(=O)OCc8ccc(NC(=O)[C@H](CCCNC(N)=O)NC(=O)[C@@H](NC(=O)CCCCCN9C(=O)C=CC9=O)C(C)C)cc8)CC7)cc(O)c6nc-5c4c3C2=O)NC(=O)/C(C)=C\C=C\[C@H](C)[C@H](O)[C@@H](C)[C@@H](O)[C@@H](C)[C@H](OC(C)=O)[C@@H]1C. The zero-order valence-corrected chi connectivity index (χ0v) is 63.2. The van der Waals surface area contributed by atoms with E-state index in [-0.39, 0.29) is 119 Å². The maximum Gasteiger partial charge on any atom is 0.410 e. The van der Waals surface area contributed by atoms with Gasteiger partial charge in [-0.15, -0.1) is 0 Å². The van der Waals surface area contributed by atoms with E-state index >= 15 is 9.59 Å². The number of urea groups is 1. The van der Waals surface area contributed by atoms with Crippen LogP contribution >= 0.6 is 0 Å². The van der Waals surface area contributed by atoms with Gasteiger partial charge in [0.1, 0.15) is 58.9 Å². The fraction of sp³-hybridized carbons (Fsp3) is 0.487. The number of piperidine rings is 1. The third-order valence-corrected chi connectivity index (χ3v) is 20.7. The van der Waals surface area contributed by atoms with Gasteiger partial charge in [0, 0.05) is 143 Å². The number of esters is 1. The molecule has 1 fully saturated rings. The number of benzene rings is 4. The fourth-order valence-electron chi connectivity index (χ4n) is 14.1. The number of hydrogen-bond donors (Lipinski definition) is 10. The number of ketones is 1. The number of nitrogens with zero attached hydrogens (tertiary/aromatic N) is 4. The van der Waals surface area contributed by atoms with Gasteiger partial charge in [0.05, 0.1) is 35.5 Å². The van der Waals surface area contributed by atoms with Gasteiger partial charge in [-0.1, -0.05) is 78.3 Å². The maximum atomic E-state index is 15.2. The van der Waals surface area contributed by atoms with Crippen LogP contribution in [0, 0.1) is 36.5 Å². The predicted octanol–water partition coefficient (Wildman–Crippen LogP) is 7.39. The topological polar surface area (TPSA) is 437 Å². The molecule has 109 heavy (non-hydrogen) atoms. The first-order chi connectivity index (χ1) is 51.6. The van der Waals surface area contributed by atoms with E-state index in [9.17, 15) is 63.6 Å². The lowest BCUT2D eigenvalue weighted by molar-refractivity contribution is -0.160. The smallest absolute Gasteiger partial charge is 0.410 e. The molecule has 5 aliphatic heterocycles. The molecule has 0 spiro atoms. The molecule has 0 aromatic heterocycles. The number of carbonyl (C=O) groups excluding carboxylic acids is 10. The highest BCUT2D eigenvalue weighted by molar-refractivity contribution is 6.22. The molecule has 1 saturated heterocycles. The van der Waals surface area contributed by atoms with Gasteiger partial charge in [-0.2, -0.15) is 0 Å². The van der Waals surface area contributed by atoms with E-state index in [1.165, 1.54) is 82.4 Å². The van der Waals surface area contributed by atoms with Crippen molar-refractivity contribution in [1.29, 1.82) is 0 Å². The number of hydrogen-bond acceptors (Lipinski definition) is 23. The lowest BCUT2D eigenvalue weighted by Gasteiger charge is -2.38. The predicted molar refractivity (Wildman–Crippen MR) is 401 cm³/mol. The van der Waals surface area contributed by atoms with E-state index in [1.807, 2.05) is 4.90 Å². The molecule has 31 heteroatoms. The number of imide groups is 1. The van der Waals surface area contributed by atoms with Crippen molar-refractivity contribution in [2.75, 3.05) is 55.9 Å². The maximum absolute atomic E-state index is 15.2. The number of nitrogens with one attached hydrogen (secondary N) is 5. The second-order valence-electron chi connectivity index (χ2n) is 28.9. The van der Waals surface area contributed by atoms with Gasteiger partial charge >= 0.3 is 23.9 Å². The average molecular weight is 1510 g/mol. The van der Waals surface area contributed by atoms with Crippen LogP contribution in [-0.4, -0.2) is 183 Å². The minimum atomic E-state index is -2.17. The van der Waals surface area contributed by atoms with E-state index in [0.29, 0.717) is 62.1 Å². The minimum Gasteiger partial charge on any atom is -0.507 e. The molecule has 3 aromatic rings. The number of phenolic OH excluding ortho intramolecular Hbond substituents is 2. The number of ether oxygens (including phenoxy) is 5. The molecule has 6 aliphatic rings. The number of unbranched alkanes of at least 4 members (excludes halogenated alkanes) is 2. The second kappa shape index (κ2) is 35.4. The number of aliphatic hydroxyl groups excluding tert-OH is 2. The van der Waals surface area contributed by atoms with Crippen LogP contribution in [0.4, 0.5) is 26.7 Å². The van der Waals surface area contributed by atoms with Crippen molar-refractivity contribution in [2.45, 2.75) is 176 Å². The Kier molecular flexibility index (Phi) is 26.7. The summed E-state index contributed by atoms with van der Waals surface area (Å²) in [5.74, 6) is -11.5. The van der Waals surface area contributed by atoms with E-state index in [1.54, 1.807) is 85.0 Å². The van der Waals surface area contributed by atoms with Crippen LogP contribution in [-0.2, 0) is 59.1 Å². The van der Waals surface area contributed by atoms with Gasteiger partial charge in [0.15, 0.2) is 11.3 Å². The summed E-state index contributed by atoms with van der Waals surface area (Å²) in [7, 11) is 3.03. The largest absolute Gasteiger partial charge is 0.507 e. The molecule has 586 valence electrons. The minimum absolute atomic E-state index is 0.0366. The number of aliphatic hydroxyl groups is 2. The van der Waals surface area contributed by atoms with E-state index in [4.69, 9.17) is 38.8 Å². The summed E-state index contributed by atoms with van der Waals surface area (Å²) in [5, 5.41) is 60.1. The third kappa shape index (κ3) is 18.8. The Morgan fingerprint density at radius 1 is 0.862 bits per heavy atom. The van der Waals surface area contributed by atoms with Gasteiger partial charge in [0.2, 0.25) is 23.2 Å². The summed E-state index contributed by atoms with van der Waals surface area (Å²) in [5.41, 5.74) is 4.58. The number of primary amides is 1. The van der Waals surface area contributed by atoms with Crippen molar-refractivity contribution in [3.63, 3.8) is 0 Å². The van der Waals surface area contributed by atoms with Crippen LogP contribution < -0.4 is 47.4 Å². The summed E-state index contributed by atoms with van der Waals surface area (Å²) in [4.78, 5) is 156. The first-order valence-electron chi connectivity index (χ1n) is 36.5. The fourth-order valence-corrected chi connectivity index (χ4v) is 14.1. The number of anilines is 3. The Hall–Kier alpha value is -10.9. The molecule has 5 heterocycles. The number of aromatic nitrogens is 1. The molecule has 0 unspecified atom stereocenters. The summed E-state index contributed by atoms with van der Waals surface area (Å²) in [6, 6.07) is 6.35. The summed E-state index contributed by atoms with van der Waals surface area (Å²) in [6.07, 6.45) is 7.62. The number of rotatable bonds is 22. The highest BCUT2D eigenvalue weighted by Crippen LogP contribution is 2.51. The van der Waals surface area contributed by atoms with Crippen LogP contribution in [0.5, 0.6) is 17.2 Å². The third-order valence-electron chi connectivity index (χ3n) is 20.7. The van der Waals surface area contributed by atoms with Gasteiger partial charge in [-0.3, -0.25) is 48.1 Å². The zero-order chi connectivity index (χ0) is 79.6. The van der Waals surface area contributed by atoms with Crippen LogP contribution in [0.15, 0.2) is 93.9 Å². The van der Waals surface area contributed by atoms with Gasteiger partial charge in [-0.25, -0.2) is 14.6 Å². The van der Waals surface area contributed by atoms with Gasteiger partial charge in [0.25, 0.3) is 23.5 Å². The number of methoxy groups -OCH3 is 1. The number of nitrogens with two attached hydrogens (primary N) is 1. The number of Topliss-reactive ketones (excluding diaryl/α,β-unsaturated/α-hetero) is 1. The van der Waals surface area contributed by atoms with Crippen molar-refractivity contribution in [1.82, 2.24) is 30.7 Å². The monoisotopic (exact) mass is 1510 g/mol. The molecule has 0 saturated carbocycles. The Morgan fingerprint density at radius 3 is 2.20 bits per heavy atom. The Bertz CT molecular complexity index is 4450. The lowest BCUT2D eigenvalue weighted by atomic mass is 9.78. The number of carbonyl (C=O) groups is 10. The second-order valence-corrected chi connectivity index (χ2v) is 28.9.